The molecule has 0 saturated carbocycles. The monoisotopic (exact) mass is 346 g/mol. The zero-order chi connectivity index (χ0) is 15.0. The molecule has 0 bridgehead atoms. The molecule has 0 aliphatic heterocycles. The number of benzene rings is 2. The van der Waals surface area contributed by atoms with Gasteiger partial charge in [0.05, 0.1) is 23.1 Å². The van der Waals surface area contributed by atoms with Crippen molar-refractivity contribution in [1.29, 1.82) is 0 Å². The first-order valence-corrected chi connectivity index (χ1v) is 7.04. The molecule has 0 atom stereocenters. The molecule has 0 radical (unpaired) electrons. The van der Waals surface area contributed by atoms with Gasteiger partial charge in [0.2, 0.25) is 0 Å². The number of aromatic nitrogens is 2. The van der Waals surface area contributed by atoms with E-state index in [1.165, 1.54) is 12.1 Å². The van der Waals surface area contributed by atoms with Gasteiger partial charge in [0.1, 0.15) is 0 Å². The highest BCUT2D eigenvalue weighted by Gasteiger charge is 2.10. The number of aromatic carboxylic acids is 1. The van der Waals surface area contributed by atoms with Gasteiger partial charge in [-0.05, 0) is 35.9 Å². The number of rotatable bonds is 3. The highest BCUT2D eigenvalue weighted by molar-refractivity contribution is 9.10. The molecule has 106 valence electrons. The molecule has 5 nitrogen and oxygen atoms in total. The van der Waals surface area contributed by atoms with Crippen LogP contribution in [0.1, 0.15) is 15.9 Å². The van der Waals surface area contributed by atoms with Crippen LogP contribution in [0.2, 0.25) is 0 Å². The fraction of sp³-hybridized carbons (Fsp3) is 0.0667. The van der Waals surface area contributed by atoms with Gasteiger partial charge in [0.15, 0.2) is 0 Å². The van der Waals surface area contributed by atoms with Crippen molar-refractivity contribution in [3.05, 3.63) is 68.5 Å². The van der Waals surface area contributed by atoms with E-state index in [9.17, 15) is 9.59 Å². The summed E-state index contributed by atoms with van der Waals surface area (Å²) in [4.78, 5) is 25.7. The van der Waals surface area contributed by atoms with Crippen molar-refractivity contribution in [2.75, 3.05) is 0 Å². The fourth-order valence-corrected chi connectivity index (χ4v) is 2.72. The van der Waals surface area contributed by atoms with Crippen LogP contribution in [0, 0.1) is 0 Å². The number of halogens is 1. The minimum absolute atomic E-state index is 0.151. The summed E-state index contributed by atoms with van der Waals surface area (Å²) in [7, 11) is 0. The lowest BCUT2D eigenvalue weighted by atomic mass is 10.2. The van der Waals surface area contributed by atoms with Gasteiger partial charge in [-0.15, -0.1) is 0 Å². The summed E-state index contributed by atoms with van der Waals surface area (Å²) in [5.41, 5.74) is 2.08. The summed E-state index contributed by atoms with van der Waals surface area (Å²) >= 11 is 3.40. The molecule has 0 aliphatic carbocycles. The molecule has 1 heterocycles. The molecule has 6 heteroatoms. The minimum atomic E-state index is -1.02. The number of fused-ring (bicyclic) bond motifs is 1. The van der Waals surface area contributed by atoms with Gasteiger partial charge in [-0.1, -0.05) is 28.1 Å². The van der Waals surface area contributed by atoms with Crippen LogP contribution < -0.4 is 5.69 Å². The van der Waals surface area contributed by atoms with E-state index in [1.54, 1.807) is 10.6 Å². The Morgan fingerprint density at radius 2 is 2.05 bits per heavy atom. The van der Waals surface area contributed by atoms with Gasteiger partial charge in [0.25, 0.3) is 0 Å². The molecule has 21 heavy (non-hydrogen) atoms. The van der Waals surface area contributed by atoms with E-state index in [1.807, 2.05) is 24.3 Å². The SMILES string of the molecule is O=C(O)c1ccc2c(c1)[nH]c(=O)n2Cc1cccc(Br)c1. The van der Waals surface area contributed by atoms with E-state index in [4.69, 9.17) is 5.11 Å². The van der Waals surface area contributed by atoms with Gasteiger partial charge >= 0.3 is 11.7 Å². The lowest BCUT2D eigenvalue weighted by Crippen LogP contribution is -2.17. The Balaban J connectivity index is 2.08. The number of H-pyrrole nitrogens is 1. The normalized spacial score (nSPS) is 10.9. The Kier molecular flexibility index (Phi) is 3.39. The summed E-state index contributed by atoms with van der Waals surface area (Å²) in [6, 6.07) is 12.3. The smallest absolute Gasteiger partial charge is 0.335 e. The zero-order valence-electron chi connectivity index (χ0n) is 10.8. The van der Waals surface area contributed by atoms with Crippen molar-refractivity contribution in [3.8, 4) is 0 Å². The quantitative estimate of drug-likeness (QED) is 0.765. The lowest BCUT2D eigenvalue weighted by molar-refractivity contribution is 0.0697. The number of nitrogens with one attached hydrogen (secondary N) is 1. The molecule has 0 unspecified atom stereocenters. The maximum absolute atomic E-state index is 12.1. The number of hydrogen-bond donors (Lipinski definition) is 2. The van der Waals surface area contributed by atoms with Crippen LogP contribution in [0.15, 0.2) is 51.7 Å². The van der Waals surface area contributed by atoms with E-state index in [-0.39, 0.29) is 11.3 Å². The Hall–Kier alpha value is -2.34. The van der Waals surface area contributed by atoms with Crippen molar-refractivity contribution in [2.45, 2.75) is 6.54 Å². The molecule has 0 amide bonds. The minimum Gasteiger partial charge on any atom is -0.478 e. The van der Waals surface area contributed by atoms with Crippen molar-refractivity contribution < 1.29 is 9.90 Å². The number of carbonyl (C=O) groups is 1. The van der Waals surface area contributed by atoms with E-state index in [0.717, 1.165) is 10.0 Å². The standard InChI is InChI=1S/C15H11BrN2O3/c16-11-3-1-2-9(6-11)8-18-13-5-4-10(14(19)20)7-12(13)17-15(18)21/h1-7H,8H2,(H,17,21)(H,19,20). The van der Waals surface area contributed by atoms with E-state index >= 15 is 0 Å². The third kappa shape index (κ3) is 2.62. The van der Waals surface area contributed by atoms with E-state index in [0.29, 0.717) is 17.6 Å². The lowest BCUT2D eigenvalue weighted by Gasteiger charge is -2.04. The third-order valence-electron chi connectivity index (χ3n) is 3.25. The molecule has 0 fully saturated rings. The molecular formula is C15H11BrN2O3. The summed E-state index contributed by atoms with van der Waals surface area (Å²) < 4.78 is 2.53. The van der Waals surface area contributed by atoms with Gasteiger partial charge in [-0.25, -0.2) is 9.59 Å². The maximum atomic E-state index is 12.1. The Labute approximate surface area is 128 Å². The first kappa shape index (κ1) is 13.6. The van der Waals surface area contributed by atoms with Gasteiger partial charge in [-0.2, -0.15) is 0 Å². The second-order valence-electron chi connectivity index (χ2n) is 4.68. The largest absolute Gasteiger partial charge is 0.478 e. The van der Waals surface area contributed by atoms with Gasteiger partial charge < -0.3 is 10.1 Å². The Morgan fingerprint density at radius 1 is 1.24 bits per heavy atom. The van der Waals surface area contributed by atoms with Gasteiger partial charge in [-0.3, -0.25) is 4.57 Å². The number of carboxylic acids is 1. The molecule has 1 aromatic heterocycles. The Morgan fingerprint density at radius 3 is 2.76 bits per heavy atom. The number of hydrogen-bond acceptors (Lipinski definition) is 2. The zero-order valence-corrected chi connectivity index (χ0v) is 12.4. The number of imidazole rings is 1. The number of carboxylic acid groups (broad SMARTS) is 1. The third-order valence-corrected chi connectivity index (χ3v) is 3.74. The first-order valence-electron chi connectivity index (χ1n) is 6.25. The summed E-state index contributed by atoms with van der Waals surface area (Å²) in [5.74, 6) is -1.02. The van der Waals surface area contributed by atoms with Crippen LogP contribution in [-0.2, 0) is 6.54 Å². The van der Waals surface area contributed by atoms with Crippen molar-refractivity contribution in [3.63, 3.8) is 0 Å². The summed E-state index contributed by atoms with van der Waals surface area (Å²) in [6.45, 7) is 0.421. The molecule has 0 saturated heterocycles. The fourth-order valence-electron chi connectivity index (χ4n) is 2.27. The van der Waals surface area contributed by atoms with E-state index < -0.39 is 5.97 Å². The van der Waals surface area contributed by atoms with Crippen molar-refractivity contribution >= 4 is 32.9 Å². The topological polar surface area (TPSA) is 75.1 Å². The molecule has 2 N–H and O–H groups in total. The average molecular weight is 347 g/mol. The van der Waals surface area contributed by atoms with Crippen molar-refractivity contribution in [2.24, 2.45) is 0 Å². The van der Waals surface area contributed by atoms with Crippen LogP contribution >= 0.6 is 15.9 Å². The van der Waals surface area contributed by atoms with Crippen LogP contribution in [-0.4, -0.2) is 20.6 Å². The Bertz CT molecular complexity index is 895. The van der Waals surface area contributed by atoms with E-state index in [2.05, 4.69) is 20.9 Å². The van der Waals surface area contributed by atoms with Crippen molar-refractivity contribution in [1.82, 2.24) is 9.55 Å². The number of nitrogens with zero attached hydrogens (tertiary/aromatic N) is 1. The predicted octanol–water partition coefficient (Wildman–Crippen LogP) is 2.84. The van der Waals surface area contributed by atoms with Crippen LogP contribution in [0.3, 0.4) is 0 Å². The van der Waals surface area contributed by atoms with Crippen LogP contribution in [0.25, 0.3) is 11.0 Å². The second kappa shape index (κ2) is 5.21. The molecule has 0 aliphatic rings. The highest BCUT2D eigenvalue weighted by Crippen LogP contribution is 2.16. The summed E-state index contributed by atoms with van der Waals surface area (Å²) in [6.07, 6.45) is 0. The molecule has 3 aromatic rings. The van der Waals surface area contributed by atoms with Gasteiger partial charge in [0, 0.05) is 4.47 Å². The molecular weight excluding hydrogens is 336 g/mol. The molecule has 0 spiro atoms. The predicted molar refractivity (Wildman–Crippen MR) is 82.8 cm³/mol. The highest BCUT2D eigenvalue weighted by atomic mass is 79.9. The molecule has 3 rings (SSSR count). The number of aromatic amines is 1. The summed E-state index contributed by atoms with van der Waals surface area (Å²) in [5, 5.41) is 8.98. The second-order valence-corrected chi connectivity index (χ2v) is 5.60. The maximum Gasteiger partial charge on any atom is 0.335 e. The first-order chi connectivity index (χ1) is 10.0. The molecule has 2 aromatic carbocycles. The average Bonchev–Trinajstić information content (AvgIpc) is 2.74. The van der Waals surface area contributed by atoms with Crippen LogP contribution in [0.5, 0.6) is 0 Å². The van der Waals surface area contributed by atoms with Crippen LogP contribution in [0.4, 0.5) is 0 Å².